The van der Waals surface area contributed by atoms with Gasteiger partial charge in [0.1, 0.15) is 12.1 Å². The summed E-state index contributed by atoms with van der Waals surface area (Å²) in [4.78, 5) is 30.0. The van der Waals surface area contributed by atoms with Gasteiger partial charge < -0.3 is 4.74 Å². The molecule has 3 rings (SSSR count). The Morgan fingerprint density at radius 3 is 2.59 bits per heavy atom. The van der Waals surface area contributed by atoms with Gasteiger partial charge in [0.15, 0.2) is 0 Å². The van der Waals surface area contributed by atoms with Crippen LogP contribution in [-0.4, -0.2) is 21.1 Å². The molecule has 0 aliphatic heterocycles. The lowest BCUT2D eigenvalue weighted by molar-refractivity contribution is -0.155. The van der Waals surface area contributed by atoms with Crippen molar-refractivity contribution in [1.82, 2.24) is 9.55 Å². The summed E-state index contributed by atoms with van der Waals surface area (Å²) in [6, 6.07) is 15.8. The minimum Gasteiger partial charge on any atom is -0.459 e. The molecule has 0 amide bonds. The lowest BCUT2D eigenvalue weighted by Gasteiger charge is -2.19. The highest BCUT2D eigenvalue weighted by Gasteiger charge is 2.17. The zero-order chi connectivity index (χ0) is 19.4. The van der Waals surface area contributed by atoms with Gasteiger partial charge in [-0.3, -0.25) is 14.2 Å². The fourth-order valence-electron chi connectivity index (χ4n) is 2.59. The largest absolute Gasteiger partial charge is 0.459 e. The zero-order valence-electron chi connectivity index (χ0n) is 15.6. The van der Waals surface area contributed by atoms with E-state index in [1.807, 2.05) is 30.3 Å². The van der Waals surface area contributed by atoms with Crippen LogP contribution in [0.25, 0.3) is 10.9 Å². The Hall–Kier alpha value is -2.60. The Labute approximate surface area is 162 Å². The minimum atomic E-state index is -0.587. The summed E-state index contributed by atoms with van der Waals surface area (Å²) < 4.78 is 6.56. The molecule has 1 heterocycles. The van der Waals surface area contributed by atoms with E-state index in [0.717, 1.165) is 10.6 Å². The molecule has 140 valence electrons. The standard InChI is InChI=1S/C21H22N2O3S/c1-21(2,3)26-19(24)12-23-14-22-18-11-16(9-10-17(18)20(23)25)27-13-15-7-5-4-6-8-15/h4-11,14H,12-13H2,1-3H3. The molecule has 2 aromatic carbocycles. The summed E-state index contributed by atoms with van der Waals surface area (Å²) in [7, 11) is 0. The van der Waals surface area contributed by atoms with Gasteiger partial charge in [-0.15, -0.1) is 11.8 Å². The van der Waals surface area contributed by atoms with Crippen molar-refractivity contribution in [3.05, 3.63) is 70.8 Å². The van der Waals surface area contributed by atoms with E-state index in [-0.39, 0.29) is 12.1 Å². The van der Waals surface area contributed by atoms with Crippen molar-refractivity contribution in [1.29, 1.82) is 0 Å². The number of fused-ring (bicyclic) bond motifs is 1. The number of nitrogens with zero attached hydrogens (tertiary/aromatic N) is 2. The molecule has 0 bridgehead atoms. The highest BCUT2D eigenvalue weighted by Crippen LogP contribution is 2.24. The summed E-state index contributed by atoms with van der Waals surface area (Å²) in [6.07, 6.45) is 1.40. The van der Waals surface area contributed by atoms with E-state index in [4.69, 9.17) is 4.74 Å². The summed E-state index contributed by atoms with van der Waals surface area (Å²) in [5.41, 5.74) is 1.03. The van der Waals surface area contributed by atoms with Crippen LogP contribution in [0.5, 0.6) is 0 Å². The van der Waals surface area contributed by atoms with Gasteiger partial charge in [-0.25, -0.2) is 4.98 Å². The van der Waals surface area contributed by atoms with Gasteiger partial charge >= 0.3 is 5.97 Å². The van der Waals surface area contributed by atoms with E-state index in [2.05, 4.69) is 17.1 Å². The van der Waals surface area contributed by atoms with Crippen molar-refractivity contribution in [2.75, 3.05) is 0 Å². The van der Waals surface area contributed by atoms with Gasteiger partial charge in [0, 0.05) is 10.6 Å². The Kier molecular flexibility index (Phi) is 5.65. The number of benzene rings is 2. The van der Waals surface area contributed by atoms with Crippen molar-refractivity contribution < 1.29 is 9.53 Å². The predicted molar refractivity (Wildman–Crippen MR) is 108 cm³/mol. The molecule has 5 nitrogen and oxygen atoms in total. The molecule has 0 N–H and O–H groups in total. The van der Waals surface area contributed by atoms with Crippen LogP contribution in [0, 0.1) is 0 Å². The van der Waals surface area contributed by atoms with E-state index in [1.54, 1.807) is 38.6 Å². The molecule has 0 aliphatic rings. The Morgan fingerprint density at radius 2 is 1.89 bits per heavy atom. The summed E-state index contributed by atoms with van der Waals surface area (Å²) in [5, 5.41) is 0.491. The van der Waals surface area contributed by atoms with Crippen LogP contribution in [0.4, 0.5) is 0 Å². The predicted octanol–water partition coefficient (Wildman–Crippen LogP) is 4.03. The Balaban J connectivity index is 1.77. The van der Waals surface area contributed by atoms with Gasteiger partial charge in [-0.1, -0.05) is 30.3 Å². The molecule has 0 saturated heterocycles. The van der Waals surface area contributed by atoms with Crippen LogP contribution in [0.1, 0.15) is 26.3 Å². The highest BCUT2D eigenvalue weighted by atomic mass is 32.2. The molecule has 0 spiro atoms. The minimum absolute atomic E-state index is 0.149. The first kappa shape index (κ1) is 19.2. The number of hydrogen-bond acceptors (Lipinski definition) is 5. The third-order valence-corrected chi connectivity index (χ3v) is 4.83. The van der Waals surface area contributed by atoms with Crippen molar-refractivity contribution in [2.24, 2.45) is 0 Å². The smallest absolute Gasteiger partial charge is 0.326 e. The van der Waals surface area contributed by atoms with Crippen LogP contribution in [0.15, 0.2) is 64.5 Å². The highest BCUT2D eigenvalue weighted by molar-refractivity contribution is 7.98. The topological polar surface area (TPSA) is 61.2 Å². The molecule has 0 saturated carbocycles. The van der Waals surface area contributed by atoms with Gasteiger partial charge in [0.2, 0.25) is 0 Å². The number of hydrogen-bond donors (Lipinski definition) is 0. The van der Waals surface area contributed by atoms with E-state index in [9.17, 15) is 9.59 Å². The second kappa shape index (κ2) is 7.96. The molecule has 3 aromatic rings. The zero-order valence-corrected chi connectivity index (χ0v) is 16.5. The van der Waals surface area contributed by atoms with Gasteiger partial charge in [-0.2, -0.15) is 0 Å². The fraction of sp³-hybridized carbons (Fsp3) is 0.286. The molecular formula is C21H22N2O3S. The lowest BCUT2D eigenvalue weighted by Crippen LogP contribution is -2.30. The number of aromatic nitrogens is 2. The second-order valence-electron chi connectivity index (χ2n) is 7.22. The monoisotopic (exact) mass is 382 g/mol. The number of thioether (sulfide) groups is 1. The van der Waals surface area contributed by atoms with E-state index < -0.39 is 11.6 Å². The molecule has 0 radical (unpaired) electrons. The maximum atomic E-state index is 12.6. The van der Waals surface area contributed by atoms with Crippen LogP contribution in [0.3, 0.4) is 0 Å². The lowest BCUT2D eigenvalue weighted by atomic mass is 10.2. The summed E-state index contributed by atoms with van der Waals surface area (Å²) >= 11 is 1.69. The van der Waals surface area contributed by atoms with E-state index in [1.165, 1.54) is 16.5 Å². The molecule has 6 heteroatoms. The SMILES string of the molecule is CC(C)(C)OC(=O)Cn1cnc2cc(SCc3ccccc3)ccc2c1=O. The maximum Gasteiger partial charge on any atom is 0.326 e. The molecule has 1 aromatic heterocycles. The fourth-order valence-corrected chi connectivity index (χ4v) is 3.48. The van der Waals surface area contributed by atoms with Crippen LogP contribution < -0.4 is 5.56 Å². The number of carbonyl (C=O) groups is 1. The third-order valence-electron chi connectivity index (χ3n) is 3.76. The molecule has 0 atom stereocenters. The average Bonchev–Trinajstić information content (AvgIpc) is 2.62. The summed E-state index contributed by atoms with van der Waals surface area (Å²) in [5.74, 6) is 0.392. The Morgan fingerprint density at radius 1 is 1.15 bits per heavy atom. The van der Waals surface area contributed by atoms with Crippen LogP contribution in [0.2, 0.25) is 0 Å². The number of ether oxygens (including phenoxy) is 1. The van der Waals surface area contributed by atoms with E-state index >= 15 is 0 Å². The quantitative estimate of drug-likeness (QED) is 0.492. The van der Waals surface area contributed by atoms with Crippen molar-refractivity contribution >= 4 is 28.6 Å². The van der Waals surface area contributed by atoms with Gasteiger partial charge in [0.25, 0.3) is 5.56 Å². The third kappa shape index (κ3) is 5.20. The molecule has 0 aliphatic carbocycles. The summed E-state index contributed by atoms with van der Waals surface area (Å²) in [6.45, 7) is 5.23. The number of carbonyl (C=O) groups excluding carboxylic acids is 1. The van der Waals surface area contributed by atoms with Crippen molar-refractivity contribution in [3.8, 4) is 0 Å². The molecule has 0 unspecified atom stereocenters. The first-order chi connectivity index (χ1) is 12.8. The first-order valence-corrected chi connectivity index (χ1v) is 9.68. The second-order valence-corrected chi connectivity index (χ2v) is 8.27. The molecular weight excluding hydrogens is 360 g/mol. The maximum absolute atomic E-state index is 12.6. The number of rotatable bonds is 5. The van der Waals surface area contributed by atoms with Crippen LogP contribution in [-0.2, 0) is 21.8 Å². The first-order valence-electron chi connectivity index (χ1n) is 8.69. The van der Waals surface area contributed by atoms with Gasteiger partial charge in [-0.05, 0) is 44.5 Å². The van der Waals surface area contributed by atoms with E-state index in [0.29, 0.717) is 10.9 Å². The normalized spacial score (nSPS) is 11.5. The molecule has 27 heavy (non-hydrogen) atoms. The van der Waals surface area contributed by atoms with Crippen LogP contribution >= 0.6 is 11.8 Å². The van der Waals surface area contributed by atoms with Crippen molar-refractivity contribution in [2.45, 2.75) is 43.6 Å². The number of esters is 1. The average molecular weight is 382 g/mol. The van der Waals surface area contributed by atoms with Crippen molar-refractivity contribution in [3.63, 3.8) is 0 Å². The Bertz CT molecular complexity index is 1010. The molecule has 0 fully saturated rings. The van der Waals surface area contributed by atoms with Gasteiger partial charge in [0.05, 0.1) is 17.2 Å².